The number of nitrogens with one attached hydrogen (secondary N) is 1. The number of thioether (sulfide) groups is 1. The molecule has 1 fully saturated rings. The molecule has 208 valence electrons. The molecule has 1 aromatic heterocycles. The first kappa shape index (κ1) is 28.5. The molecule has 10 heteroatoms. The van der Waals surface area contributed by atoms with Crippen molar-refractivity contribution in [1.82, 2.24) is 20.5 Å². The molecule has 1 heterocycles. The summed E-state index contributed by atoms with van der Waals surface area (Å²) in [7, 11) is 6.36. The van der Waals surface area contributed by atoms with Crippen molar-refractivity contribution in [3.05, 3.63) is 36.4 Å². The number of methoxy groups -OCH3 is 4. The summed E-state index contributed by atoms with van der Waals surface area (Å²) in [5, 5.41) is 12.3. The highest BCUT2D eigenvalue weighted by Crippen LogP contribution is 2.38. The van der Waals surface area contributed by atoms with Crippen molar-refractivity contribution < 1.29 is 23.7 Å². The van der Waals surface area contributed by atoms with Crippen molar-refractivity contribution in [3.63, 3.8) is 0 Å². The van der Waals surface area contributed by atoms with Crippen LogP contribution in [0.2, 0.25) is 0 Å². The summed E-state index contributed by atoms with van der Waals surface area (Å²) < 4.78 is 21.9. The normalized spacial score (nSPS) is 14.4. The Morgan fingerprint density at radius 2 is 1.41 bits per heavy atom. The molecule has 1 atom stereocenters. The maximum Gasteiger partial charge on any atom is 0.233 e. The summed E-state index contributed by atoms with van der Waals surface area (Å²) >= 11 is 1.33. The lowest BCUT2D eigenvalue weighted by Gasteiger charge is -2.24. The van der Waals surface area contributed by atoms with E-state index in [1.165, 1.54) is 18.2 Å². The highest BCUT2D eigenvalue weighted by Gasteiger charge is 2.25. The van der Waals surface area contributed by atoms with Crippen molar-refractivity contribution in [2.24, 2.45) is 0 Å². The fraction of sp³-hybridized carbons (Fsp3) is 0.448. The first-order valence-electron chi connectivity index (χ1n) is 13.2. The van der Waals surface area contributed by atoms with Crippen LogP contribution in [0.25, 0.3) is 22.5 Å². The van der Waals surface area contributed by atoms with Gasteiger partial charge in [0, 0.05) is 17.2 Å². The van der Waals surface area contributed by atoms with Crippen molar-refractivity contribution in [1.29, 1.82) is 0 Å². The van der Waals surface area contributed by atoms with Gasteiger partial charge in [0.05, 0.1) is 33.7 Å². The highest BCUT2D eigenvalue weighted by atomic mass is 32.2. The Morgan fingerprint density at radius 1 is 0.846 bits per heavy atom. The van der Waals surface area contributed by atoms with Crippen LogP contribution in [0.15, 0.2) is 41.6 Å². The maximum atomic E-state index is 13.1. The van der Waals surface area contributed by atoms with Gasteiger partial charge >= 0.3 is 0 Å². The standard InChI is InChI=1S/C29H36N4O5S/c1-6-25(28(34)30-20-10-8-7-9-11-20)39-29-31-26(18-12-14-21(35-2)23(16-18)37-4)27(32-33-29)19-13-15-22(36-3)24(17-19)38-5/h12-17,20,25H,6-11H2,1-5H3,(H,30,34)/t25-/m1/s1. The molecule has 0 saturated heterocycles. The molecule has 0 aliphatic heterocycles. The zero-order valence-electron chi connectivity index (χ0n) is 23.2. The lowest BCUT2D eigenvalue weighted by Crippen LogP contribution is -2.41. The van der Waals surface area contributed by atoms with Crippen LogP contribution >= 0.6 is 11.8 Å². The van der Waals surface area contributed by atoms with Gasteiger partial charge in [0.25, 0.3) is 0 Å². The first-order chi connectivity index (χ1) is 19.0. The first-order valence-corrected chi connectivity index (χ1v) is 14.1. The van der Waals surface area contributed by atoms with Crippen molar-refractivity contribution >= 4 is 17.7 Å². The number of amides is 1. The second kappa shape index (κ2) is 13.5. The van der Waals surface area contributed by atoms with Crippen LogP contribution in [0, 0.1) is 0 Å². The molecule has 0 radical (unpaired) electrons. The number of carbonyl (C=O) groups excluding carboxylic acids is 1. The molecular formula is C29H36N4O5S. The number of carbonyl (C=O) groups is 1. The van der Waals surface area contributed by atoms with E-state index < -0.39 is 0 Å². The summed E-state index contributed by atoms with van der Waals surface area (Å²) in [6, 6.07) is 11.4. The van der Waals surface area contributed by atoms with Gasteiger partial charge < -0.3 is 24.3 Å². The van der Waals surface area contributed by atoms with Gasteiger partial charge in [0.2, 0.25) is 11.1 Å². The summed E-state index contributed by atoms with van der Waals surface area (Å²) in [5.41, 5.74) is 2.69. The zero-order chi connectivity index (χ0) is 27.8. The number of benzene rings is 2. The smallest absolute Gasteiger partial charge is 0.233 e. The molecule has 1 amide bonds. The van der Waals surface area contributed by atoms with E-state index in [1.807, 2.05) is 43.3 Å². The van der Waals surface area contributed by atoms with E-state index in [2.05, 4.69) is 15.5 Å². The van der Waals surface area contributed by atoms with Gasteiger partial charge in [-0.25, -0.2) is 4.98 Å². The Labute approximate surface area is 234 Å². The van der Waals surface area contributed by atoms with E-state index in [1.54, 1.807) is 28.4 Å². The average Bonchev–Trinajstić information content (AvgIpc) is 2.99. The largest absolute Gasteiger partial charge is 0.493 e. The van der Waals surface area contributed by atoms with Crippen molar-refractivity contribution in [2.75, 3.05) is 28.4 Å². The predicted octanol–water partition coefficient (Wildman–Crippen LogP) is 5.56. The number of ether oxygens (including phenoxy) is 4. The summed E-state index contributed by atoms with van der Waals surface area (Å²) in [4.78, 5) is 18.0. The number of hydrogen-bond acceptors (Lipinski definition) is 9. The second-order valence-electron chi connectivity index (χ2n) is 9.29. The molecule has 0 bridgehead atoms. The number of aromatic nitrogens is 3. The predicted molar refractivity (Wildman–Crippen MR) is 152 cm³/mol. The van der Waals surface area contributed by atoms with Gasteiger partial charge in [-0.05, 0) is 55.7 Å². The monoisotopic (exact) mass is 552 g/mol. The van der Waals surface area contributed by atoms with Gasteiger partial charge in [-0.2, -0.15) is 0 Å². The zero-order valence-corrected chi connectivity index (χ0v) is 24.0. The third-order valence-electron chi connectivity index (χ3n) is 6.84. The van der Waals surface area contributed by atoms with Crippen LogP contribution in [0.3, 0.4) is 0 Å². The number of nitrogens with zero attached hydrogens (tertiary/aromatic N) is 3. The fourth-order valence-electron chi connectivity index (χ4n) is 4.71. The molecular weight excluding hydrogens is 516 g/mol. The molecule has 0 spiro atoms. The molecule has 1 N–H and O–H groups in total. The Balaban J connectivity index is 1.72. The molecule has 4 rings (SSSR count). The summed E-state index contributed by atoms with van der Waals surface area (Å²) in [6.45, 7) is 2.00. The SMILES string of the molecule is CC[C@@H](Sc1nnc(-c2ccc(OC)c(OC)c2)c(-c2ccc(OC)c(OC)c2)n1)C(=O)NC1CCCCC1. The minimum Gasteiger partial charge on any atom is -0.493 e. The van der Waals surface area contributed by atoms with Crippen LogP contribution in [-0.2, 0) is 4.79 Å². The molecule has 3 aromatic rings. The fourth-order valence-corrected chi connectivity index (χ4v) is 5.54. The van der Waals surface area contributed by atoms with Gasteiger partial charge in [0.1, 0.15) is 11.4 Å². The number of hydrogen-bond donors (Lipinski definition) is 1. The maximum absolute atomic E-state index is 13.1. The number of rotatable bonds is 11. The Kier molecular flexibility index (Phi) is 9.86. The van der Waals surface area contributed by atoms with Gasteiger partial charge in [-0.15, -0.1) is 10.2 Å². The van der Waals surface area contributed by atoms with Gasteiger partial charge in [-0.1, -0.05) is 37.9 Å². The molecule has 1 aliphatic carbocycles. The Bertz CT molecular complexity index is 1280. The Hall–Kier alpha value is -3.53. The van der Waals surface area contributed by atoms with E-state index in [0.717, 1.165) is 36.8 Å². The van der Waals surface area contributed by atoms with E-state index in [9.17, 15) is 4.79 Å². The minimum atomic E-state index is -0.320. The van der Waals surface area contributed by atoms with Crippen LogP contribution in [-0.4, -0.2) is 60.8 Å². The third-order valence-corrected chi connectivity index (χ3v) is 8.06. The topological polar surface area (TPSA) is 105 Å². The Morgan fingerprint density at radius 3 is 1.95 bits per heavy atom. The van der Waals surface area contributed by atoms with Crippen LogP contribution in [0.1, 0.15) is 45.4 Å². The molecule has 39 heavy (non-hydrogen) atoms. The highest BCUT2D eigenvalue weighted by molar-refractivity contribution is 8.00. The molecule has 0 unspecified atom stereocenters. The van der Waals surface area contributed by atoms with E-state index in [0.29, 0.717) is 46.0 Å². The average molecular weight is 553 g/mol. The molecule has 1 saturated carbocycles. The third kappa shape index (κ3) is 6.73. The van der Waals surface area contributed by atoms with Crippen molar-refractivity contribution in [3.8, 4) is 45.5 Å². The second-order valence-corrected chi connectivity index (χ2v) is 10.5. The van der Waals surface area contributed by atoms with Gasteiger partial charge in [-0.3, -0.25) is 4.79 Å². The molecule has 9 nitrogen and oxygen atoms in total. The summed E-state index contributed by atoms with van der Waals surface area (Å²) in [6.07, 6.45) is 6.28. The lowest BCUT2D eigenvalue weighted by molar-refractivity contribution is -0.121. The molecule has 2 aromatic carbocycles. The van der Waals surface area contributed by atoms with E-state index >= 15 is 0 Å². The van der Waals surface area contributed by atoms with Crippen LogP contribution < -0.4 is 24.3 Å². The van der Waals surface area contributed by atoms with Crippen LogP contribution in [0.4, 0.5) is 0 Å². The lowest BCUT2D eigenvalue weighted by atomic mass is 9.95. The molecule has 1 aliphatic rings. The van der Waals surface area contributed by atoms with E-state index in [4.69, 9.17) is 23.9 Å². The minimum absolute atomic E-state index is 0.0228. The van der Waals surface area contributed by atoms with E-state index in [-0.39, 0.29) is 17.2 Å². The quantitative estimate of drug-likeness (QED) is 0.306. The van der Waals surface area contributed by atoms with Gasteiger partial charge in [0.15, 0.2) is 23.0 Å². The van der Waals surface area contributed by atoms with Crippen molar-refractivity contribution in [2.45, 2.75) is 61.9 Å². The summed E-state index contributed by atoms with van der Waals surface area (Å²) in [5.74, 6) is 2.38. The van der Waals surface area contributed by atoms with Crippen LogP contribution in [0.5, 0.6) is 23.0 Å².